The zero-order valence-electron chi connectivity index (χ0n) is 17.2. The van der Waals surface area contributed by atoms with Crippen LogP contribution in [0, 0.1) is 11.6 Å². The molecule has 4 rings (SSSR count). The van der Waals surface area contributed by atoms with Crippen LogP contribution in [0.4, 0.5) is 8.78 Å². The van der Waals surface area contributed by atoms with Gasteiger partial charge in [0.25, 0.3) is 0 Å². The summed E-state index contributed by atoms with van der Waals surface area (Å²) in [5, 5.41) is 0. The number of likely N-dealkylation sites (N-methyl/N-ethyl adjacent to an activating group) is 1. The van der Waals surface area contributed by atoms with Crippen molar-refractivity contribution in [2.45, 2.75) is 50.0 Å². The normalized spacial score (nSPS) is 24.6. The predicted molar refractivity (Wildman–Crippen MR) is 111 cm³/mol. The lowest BCUT2D eigenvalue weighted by atomic mass is 9.97. The molecule has 0 aromatic heterocycles. The molecule has 156 valence electrons. The fraction of sp³-hybridized carbons (Fsp3) is 0.500. The molecule has 2 unspecified atom stereocenters. The minimum atomic E-state index is -0.311. The van der Waals surface area contributed by atoms with Gasteiger partial charge in [0.2, 0.25) is 0 Å². The van der Waals surface area contributed by atoms with E-state index in [1.165, 1.54) is 37.1 Å². The molecule has 0 aliphatic carbocycles. The lowest BCUT2D eigenvalue weighted by Crippen LogP contribution is -2.47. The summed E-state index contributed by atoms with van der Waals surface area (Å²) in [4.78, 5) is 4.89. The van der Waals surface area contributed by atoms with Crippen molar-refractivity contribution >= 4 is 0 Å². The summed E-state index contributed by atoms with van der Waals surface area (Å²) in [6, 6.07) is 14.1. The molecule has 0 spiro atoms. The zero-order chi connectivity index (χ0) is 20.4. The van der Waals surface area contributed by atoms with Gasteiger partial charge in [-0.2, -0.15) is 0 Å². The van der Waals surface area contributed by atoms with Gasteiger partial charge in [-0.1, -0.05) is 24.3 Å². The maximum atomic E-state index is 13.4. The van der Waals surface area contributed by atoms with Gasteiger partial charge < -0.3 is 9.64 Å². The van der Waals surface area contributed by atoms with Crippen LogP contribution in [0.3, 0.4) is 0 Å². The Kier molecular flexibility index (Phi) is 6.28. The molecule has 2 fully saturated rings. The van der Waals surface area contributed by atoms with E-state index in [4.69, 9.17) is 4.74 Å². The number of rotatable bonds is 7. The minimum Gasteiger partial charge on any atom is -0.365 e. The highest BCUT2D eigenvalue weighted by atomic mass is 19.1. The van der Waals surface area contributed by atoms with Crippen molar-refractivity contribution in [1.29, 1.82) is 0 Å². The number of hydrogen-bond donors (Lipinski definition) is 0. The number of benzene rings is 2. The van der Waals surface area contributed by atoms with Gasteiger partial charge in [0.05, 0.1) is 6.10 Å². The lowest BCUT2D eigenvalue weighted by molar-refractivity contribution is -0.0488. The summed E-state index contributed by atoms with van der Waals surface area (Å²) in [6.45, 7) is 2.18. The maximum absolute atomic E-state index is 13.4. The van der Waals surface area contributed by atoms with Gasteiger partial charge in [-0.3, -0.25) is 4.90 Å². The highest BCUT2D eigenvalue weighted by Gasteiger charge is 2.41. The number of nitrogens with zero attached hydrogens (tertiary/aromatic N) is 2. The zero-order valence-corrected chi connectivity index (χ0v) is 17.2. The highest BCUT2D eigenvalue weighted by molar-refractivity contribution is 5.30. The molecule has 0 saturated carbocycles. The topological polar surface area (TPSA) is 15.7 Å². The Hall–Kier alpha value is -1.82. The number of halogens is 2. The molecule has 2 aromatic carbocycles. The van der Waals surface area contributed by atoms with Gasteiger partial charge in [0, 0.05) is 25.2 Å². The first kappa shape index (κ1) is 20.5. The molecular weight excluding hydrogens is 370 g/mol. The first-order valence-electron chi connectivity index (χ1n) is 10.6. The fourth-order valence-electron chi connectivity index (χ4n) is 4.83. The molecule has 2 heterocycles. The Morgan fingerprint density at radius 3 is 1.83 bits per heavy atom. The van der Waals surface area contributed by atoms with E-state index in [2.05, 4.69) is 23.9 Å². The highest BCUT2D eigenvalue weighted by Crippen LogP contribution is 2.39. The number of piperidine rings is 1. The summed E-state index contributed by atoms with van der Waals surface area (Å²) in [5.41, 5.74) is 1.81. The number of hydrogen-bond acceptors (Lipinski definition) is 3. The standard InChI is InChI=1S/C24H30F2N2O/c1-27(2)13-14-28-21-11-12-22(28)16-23(15-21)29-24(17-3-7-19(25)8-4-17)18-5-9-20(26)10-6-18/h3-10,21-24H,11-16H2,1-2H3. The van der Waals surface area contributed by atoms with E-state index in [9.17, 15) is 8.78 Å². The van der Waals surface area contributed by atoms with Crippen LogP contribution in [0.25, 0.3) is 0 Å². The van der Waals surface area contributed by atoms with Crippen LogP contribution >= 0.6 is 0 Å². The van der Waals surface area contributed by atoms with Gasteiger partial charge >= 0.3 is 0 Å². The number of fused-ring (bicyclic) bond motifs is 2. The van der Waals surface area contributed by atoms with E-state index in [1.54, 1.807) is 24.3 Å². The first-order valence-corrected chi connectivity index (χ1v) is 10.6. The third-order valence-corrected chi connectivity index (χ3v) is 6.32. The van der Waals surface area contributed by atoms with E-state index in [-0.39, 0.29) is 23.8 Å². The third-order valence-electron chi connectivity index (χ3n) is 6.32. The Morgan fingerprint density at radius 1 is 0.897 bits per heavy atom. The number of ether oxygens (including phenoxy) is 1. The molecular formula is C24H30F2N2O. The van der Waals surface area contributed by atoms with Crippen molar-refractivity contribution < 1.29 is 13.5 Å². The Bertz CT molecular complexity index is 734. The van der Waals surface area contributed by atoms with Crippen molar-refractivity contribution in [1.82, 2.24) is 9.80 Å². The Morgan fingerprint density at radius 2 is 1.38 bits per heavy atom. The average molecular weight is 401 g/mol. The van der Waals surface area contributed by atoms with Gasteiger partial charge in [-0.25, -0.2) is 8.78 Å². The molecule has 29 heavy (non-hydrogen) atoms. The summed E-state index contributed by atoms with van der Waals surface area (Å²) in [5.74, 6) is -0.530. The summed E-state index contributed by atoms with van der Waals surface area (Å²) < 4.78 is 33.5. The Balaban J connectivity index is 1.50. The van der Waals surface area contributed by atoms with Crippen LogP contribution in [0.5, 0.6) is 0 Å². The van der Waals surface area contributed by atoms with Gasteiger partial charge in [0.1, 0.15) is 17.7 Å². The van der Waals surface area contributed by atoms with E-state index in [0.29, 0.717) is 12.1 Å². The van der Waals surface area contributed by atoms with E-state index in [0.717, 1.165) is 37.1 Å². The average Bonchev–Trinajstić information content (AvgIpc) is 2.94. The summed E-state index contributed by atoms with van der Waals surface area (Å²) in [6.07, 6.45) is 4.34. The van der Waals surface area contributed by atoms with Crippen LogP contribution in [-0.4, -0.2) is 55.2 Å². The van der Waals surface area contributed by atoms with Crippen LogP contribution in [0.15, 0.2) is 48.5 Å². The molecule has 2 aliphatic heterocycles. The van der Waals surface area contributed by atoms with Gasteiger partial charge in [0.15, 0.2) is 0 Å². The Labute approximate surface area is 172 Å². The van der Waals surface area contributed by atoms with Crippen LogP contribution in [0.1, 0.15) is 42.9 Å². The molecule has 5 heteroatoms. The van der Waals surface area contributed by atoms with Gasteiger partial charge in [-0.05, 0) is 75.2 Å². The molecule has 0 radical (unpaired) electrons. The molecule has 2 aromatic rings. The smallest absolute Gasteiger partial charge is 0.123 e. The van der Waals surface area contributed by atoms with Crippen LogP contribution in [-0.2, 0) is 4.74 Å². The largest absolute Gasteiger partial charge is 0.365 e. The second-order valence-electron chi connectivity index (χ2n) is 8.64. The second-order valence-corrected chi connectivity index (χ2v) is 8.64. The molecule has 2 bridgehead atoms. The van der Waals surface area contributed by atoms with Crippen LogP contribution < -0.4 is 0 Å². The van der Waals surface area contributed by atoms with Crippen molar-refractivity contribution in [3.05, 3.63) is 71.3 Å². The molecule has 2 aliphatic rings. The van der Waals surface area contributed by atoms with E-state index >= 15 is 0 Å². The van der Waals surface area contributed by atoms with Gasteiger partial charge in [-0.15, -0.1) is 0 Å². The summed E-state index contributed by atoms with van der Waals surface area (Å²) >= 11 is 0. The quantitative estimate of drug-likeness (QED) is 0.674. The van der Waals surface area contributed by atoms with Crippen molar-refractivity contribution in [3.63, 3.8) is 0 Å². The minimum absolute atomic E-state index is 0.156. The SMILES string of the molecule is CN(C)CCN1C2CCC1CC(OC(c1ccc(F)cc1)c1ccc(F)cc1)C2. The predicted octanol–water partition coefficient (Wildman–Crippen LogP) is 4.63. The molecule has 0 amide bonds. The van der Waals surface area contributed by atoms with E-state index < -0.39 is 0 Å². The molecule has 2 saturated heterocycles. The second kappa shape index (κ2) is 8.90. The van der Waals surface area contributed by atoms with Crippen molar-refractivity contribution in [3.8, 4) is 0 Å². The fourth-order valence-corrected chi connectivity index (χ4v) is 4.83. The third kappa shape index (κ3) is 4.85. The monoisotopic (exact) mass is 400 g/mol. The van der Waals surface area contributed by atoms with Crippen molar-refractivity contribution in [2.24, 2.45) is 0 Å². The summed E-state index contributed by atoms with van der Waals surface area (Å²) in [7, 11) is 4.24. The van der Waals surface area contributed by atoms with Crippen LogP contribution in [0.2, 0.25) is 0 Å². The lowest BCUT2D eigenvalue weighted by Gasteiger charge is -2.40. The van der Waals surface area contributed by atoms with Crippen molar-refractivity contribution in [2.75, 3.05) is 27.2 Å². The first-order chi connectivity index (χ1) is 14.0. The molecule has 0 N–H and O–H groups in total. The molecule has 2 atom stereocenters. The maximum Gasteiger partial charge on any atom is 0.123 e. The van der Waals surface area contributed by atoms with E-state index in [1.807, 2.05) is 0 Å². The molecule has 3 nitrogen and oxygen atoms in total.